The van der Waals surface area contributed by atoms with Crippen LogP contribution in [-0.2, 0) is 22.4 Å². The fourth-order valence-electron chi connectivity index (χ4n) is 2.62. The van der Waals surface area contributed by atoms with Crippen molar-refractivity contribution >= 4 is 17.6 Å². The third-order valence-electron chi connectivity index (χ3n) is 4.06. The number of rotatable bonds is 8. The van der Waals surface area contributed by atoms with E-state index in [4.69, 9.17) is 17.3 Å². The second-order valence-corrected chi connectivity index (χ2v) is 6.24. The van der Waals surface area contributed by atoms with Crippen LogP contribution in [0.3, 0.4) is 0 Å². The van der Waals surface area contributed by atoms with E-state index in [0.29, 0.717) is 17.9 Å². The van der Waals surface area contributed by atoms with Gasteiger partial charge in [-0.1, -0.05) is 48.0 Å². The number of nitrogens with two attached hydrogens (primary N) is 1. The van der Waals surface area contributed by atoms with Crippen molar-refractivity contribution in [3.05, 3.63) is 58.6 Å². The highest BCUT2D eigenvalue weighted by atomic mass is 35.5. The van der Waals surface area contributed by atoms with Gasteiger partial charge in [-0.15, -0.1) is 0 Å². The molecule has 0 aliphatic heterocycles. The number of hydrogen-bond acceptors (Lipinski definition) is 3. The van der Waals surface area contributed by atoms with Crippen molar-refractivity contribution in [3.8, 4) is 11.1 Å². The summed E-state index contributed by atoms with van der Waals surface area (Å²) in [5, 5.41) is 0.702. The Morgan fingerprint density at radius 1 is 1.04 bits per heavy atom. The van der Waals surface area contributed by atoms with Gasteiger partial charge in [-0.05, 0) is 55.0 Å². The summed E-state index contributed by atoms with van der Waals surface area (Å²) in [6.45, 7) is 0.746. The predicted octanol–water partition coefficient (Wildman–Crippen LogP) is 4.39. The molecule has 0 saturated carbocycles. The summed E-state index contributed by atoms with van der Waals surface area (Å²) in [5.41, 5.74) is 9.99. The Morgan fingerprint density at radius 3 is 2.38 bits per heavy atom. The molecule has 0 saturated heterocycles. The number of ether oxygens (including phenoxy) is 1. The lowest BCUT2D eigenvalue weighted by Crippen LogP contribution is -2.01. The zero-order chi connectivity index (χ0) is 17.4. The Labute approximate surface area is 148 Å². The number of unbranched alkanes of at least 4 members (excludes halogenated alkanes) is 1. The van der Waals surface area contributed by atoms with E-state index in [2.05, 4.69) is 29.0 Å². The maximum Gasteiger partial charge on any atom is 0.305 e. The van der Waals surface area contributed by atoms with Crippen molar-refractivity contribution in [2.24, 2.45) is 5.73 Å². The van der Waals surface area contributed by atoms with Crippen LogP contribution in [0.5, 0.6) is 0 Å². The first kappa shape index (κ1) is 18.5. The average Bonchev–Trinajstić information content (AvgIpc) is 2.61. The maximum atomic E-state index is 11.2. The molecule has 0 spiro atoms. The quantitative estimate of drug-likeness (QED) is 0.570. The zero-order valence-electron chi connectivity index (χ0n) is 14.1. The molecule has 2 N–H and O–H groups in total. The normalized spacial score (nSPS) is 10.6. The van der Waals surface area contributed by atoms with Crippen LogP contribution < -0.4 is 5.73 Å². The Balaban J connectivity index is 2.04. The van der Waals surface area contributed by atoms with Gasteiger partial charge in [0.2, 0.25) is 0 Å². The van der Waals surface area contributed by atoms with Gasteiger partial charge in [-0.25, -0.2) is 0 Å². The topological polar surface area (TPSA) is 52.3 Å². The van der Waals surface area contributed by atoms with Crippen LogP contribution in [0, 0.1) is 0 Å². The molecule has 0 fully saturated rings. The van der Waals surface area contributed by atoms with Gasteiger partial charge in [0.25, 0.3) is 0 Å². The van der Waals surface area contributed by atoms with E-state index in [0.717, 1.165) is 42.5 Å². The molecule has 0 aromatic heterocycles. The highest BCUT2D eigenvalue weighted by Gasteiger charge is 2.07. The van der Waals surface area contributed by atoms with Crippen LogP contribution in [0.2, 0.25) is 5.02 Å². The van der Waals surface area contributed by atoms with Crippen LogP contribution in [0.25, 0.3) is 11.1 Å². The molecule has 0 unspecified atom stereocenters. The number of methoxy groups -OCH3 is 1. The third kappa shape index (κ3) is 5.36. The summed E-state index contributed by atoms with van der Waals surface area (Å²) >= 11 is 6.43. The van der Waals surface area contributed by atoms with Crippen molar-refractivity contribution in [1.82, 2.24) is 0 Å². The number of benzene rings is 2. The molecule has 4 heteroatoms. The molecule has 2 aromatic carbocycles. The molecule has 0 radical (unpaired) electrons. The van der Waals surface area contributed by atoms with Gasteiger partial charge in [0, 0.05) is 17.0 Å². The SMILES string of the molecule is COC(=O)CCc1ccc(-c2ccc(CCCCN)cc2)c(Cl)c1. The van der Waals surface area contributed by atoms with Gasteiger partial charge in [0.15, 0.2) is 0 Å². The van der Waals surface area contributed by atoms with Gasteiger partial charge in [-0.3, -0.25) is 4.79 Å². The fourth-order valence-corrected chi connectivity index (χ4v) is 2.93. The lowest BCUT2D eigenvalue weighted by Gasteiger charge is -2.09. The van der Waals surface area contributed by atoms with Crippen molar-refractivity contribution in [1.29, 1.82) is 0 Å². The minimum atomic E-state index is -0.208. The zero-order valence-corrected chi connectivity index (χ0v) is 14.8. The van der Waals surface area contributed by atoms with E-state index in [9.17, 15) is 4.79 Å². The summed E-state index contributed by atoms with van der Waals surface area (Å²) in [4.78, 5) is 11.2. The van der Waals surface area contributed by atoms with Crippen molar-refractivity contribution < 1.29 is 9.53 Å². The first-order valence-corrected chi connectivity index (χ1v) is 8.66. The highest BCUT2D eigenvalue weighted by molar-refractivity contribution is 6.33. The van der Waals surface area contributed by atoms with Crippen LogP contribution in [0.4, 0.5) is 0 Å². The molecular weight excluding hydrogens is 322 g/mol. The number of esters is 1. The van der Waals surface area contributed by atoms with Crippen molar-refractivity contribution in [3.63, 3.8) is 0 Å². The molecule has 0 heterocycles. The molecule has 3 nitrogen and oxygen atoms in total. The molecule has 0 aliphatic carbocycles. The van der Waals surface area contributed by atoms with E-state index in [-0.39, 0.29) is 5.97 Å². The minimum absolute atomic E-state index is 0.208. The fraction of sp³-hybridized carbons (Fsp3) is 0.350. The summed E-state index contributed by atoms with van der Waals surface area (Å²) in [6, 6.07) is 14.5. The molecule has 2 aromatic rings. The largest absolute Gasteiger partial charge is 0.469 e. The summed E-state index contributed by atoms with van der Waals surface area (Å²) < 4.78 is 4.66. The highest BCUT2D eigenvalue weighted by Crippen LogP contribution is 2.29. The number of aryl methyl sites for hydroxylation is 2. The van der Waals surface area contributed by atoms with Crippen molar-refractivity contribution in [2.75, 3.05) is 13.7 Å². The number of halogens is 1. The standard InChI is InChI=1S/C20H24ClNO2/c1-24-20(23)12-8-16-7-11-18(19(21)14-16)17-9-5-15(6-10-17)4-2-3-13-22/h5-7,9-11,14H,2-4,8,12-13,22H2,1H3. The van der Waals surface area contributed by atoms with Crippen LogP contribution in [0.15, 0.2) is 42.5 Å². The molecule has 0 atom stereocenters. The third-order valence-corrected chi connectivity index (χ3v) is 4.38. The van der Waals surface area contributed by atoms with Gasteiger partial charge in [0.05, 0.1) is 7.11 Å². The van der Waals surface area contributed by atoms with Gasteiger partial charge >= 0.3 is 5.97 Å². The van der Waals surface area contributed by atoms with E-state index in [1.165, 1.54) is 12.7 Å². The molecule has 24 heavy (non-hydrogen) atoms. The smallest absolute Gasteiger partial charge is 0.305 e. The molecular formula is C20H24ClNO2. The summed E-state index contributed by atoms with van der Waals surface area (Å²) in [7, 11) is 1.40. The van der Waals surface area contributed by atoms with E-state index >= 15 is 0 Å². The lowest BCUT2D eigenvalue weighted by molar-refractivity contribution is -0.140. The number of carbonyl (C=O) groups excluding carboxylic acids is 1. The minimum Gasteiger partial charge on any atom is -0.469 e. The van der Waals surface area contributed by atoms with Crippen LogP contribution >= 0.6 is 11.6 Å². The van der Waals surface area contributed by atoms with Gasteiger partial charge in [-0.2, -0.15) is 0 Å². The second kappa shape index (κ2) is 9.45. The van der Waals surface area contributed by atoms with Crippen LogP contribution in [-0.4, -0.2) is 19.6 Å². The van der Waals surface area contributed by atoms with Gasteiger partial charge in [0.1, 0.15) is 0 Å². The van der Waals surface area contributed by atoms with Gasteiger partial charge < -0.3 is 10.5 Å². The molecule has 0 bridgehead atoms. The Hall–Kier alpha value is -1.84. The average molecular weight is 346 g/mol. The summed E-state index contributed by atoms with van der Waals surface area (Å²) in [6.07, 6.45) is 4.22. The number of hydrogen-bond donors (Lipinski definition) is 1. The number of carbonyl (C=O) groups is 1. The lowest BCUT2D eigenvalue weighted by atomic mass is 9.99. The first-order valence-electron chi connectivity index (χ1n) is 8.28. The van der Waals surface area contributed by atoms with E-state index < -0.39 is 0 Å². The summed E-state index contributed by atoms with van der Waals surface area (Å²) in [5.74, 6) is -0.208. The Morgan fingerprint density at radius 2 is 1.75 bits per heavy atom. The first-order chi connectivity index (χ1) is 11.6. The Kier molecular flexibility index (Phi) is 7.29. The molecule has 0 amide bonds. The predicted molar refractivity (Wildman–Crippen MR) is 99.2 cm³/mol. The van der Waals surface area contributed by atoms with E-state index in [1.807, 2.05) is 18.2 Å². The monoisotopic (exact) mass is 345 g/mol. The second-order valence-electron chi connectivity index (χ2n) is 5.83. The maximum absolute atomic E-state index is 11.2. The Bertz CT molecular complexity index is 668. The van der Waals surface area contributed by atoms with E-state index in [1.54, 1.807) is 0 Å². The molecule has 2 rings (SSSR count). The molecule has 128 valence electrons. The molecule has 0 aliphatic rings. The van der Waals surface area contributed by atoms with Crippen molar-refractivity contribution in [2.45, 2.75) is 32.1 Å². The van der Waals surface area contributed by atoms with Crippen LogP contribution in [0.1, 0.15) is 30.4 Å².